The van der Waals surface area contributed by atoms with Gasteiger partial charge in [0.15, 0.2) is 0 Å². The second-order valence-corrected chi connectivity index (χ2v) is 4.24. The number of rotatable bonds is 4. The summed E-state index contributed by atoms with van der Waals surface area (Å²) in [7, 11) is 3.11. The summed E-state index contributed by atoms with van der Waals surface area (Å²) in [6.07, 6.45) is 0. The topological polar surface area (TPSA) is 77.1 Å². The van der Waals surface area contributed by atoms with Crippen LogP contribution in [0.15, 0.2) is 29.1 Å². The monoisotopic (exact) mass is 285 g/mol. The van der Waals surface area contributed by atoms with Gasteiger partial charge in [0.25, 0.3) is 5.56 Å². The van der Waals surface area contributed by atoms with Crippen molar-refractivity contribution in [1.82, 2.24) is 9.78 Å². The van der Waals surface area contributed by atoms with E-state index in [0.29, 0.717) is 29.3 Å². The van der Waals surface area contributed by atoms with Crippen LogP contribution in [-0.2, 0) is 6.54 Å². The maximum absolute atomic E-state index is 11.9. The molecule has 6 heteroatoms. The molecule has 0 atom stereocenters. The lowest BCUT2D eigenvalue weighted by Crippen LogP contribution is -2.24. The summed E-state index contributed by atoms with van der Waals surface area (Å²) in [5.41, 5.74) is 0.862. The van der Waals surface area contributed by atoms with E-state index in [4.69, 9.17) is 14.7 Å². The molecular formula is C15H15N3O3. The number of nitrogens with zero attached hydrogens (tertiary/aromatic N) is 3. The van der Waals surface area contributed by atoms with Crippen LogP contribution in [0.4, 0.5) is 0 Å². The largest absolute Gasteiger partial charge is 0.497 e. The summed E-state index contributed by atoms with van der Waals surface area (Å²) in [5.74, 6) is 1.21. The Morgan fingerprint density at radius 3 is 2.62 bits per heavy atom. The van der Waals surface area contributed by atoms with Gasteiger partial charge in [0.05, 0.1) is 19.9 Å². The molecule has 21 heavy (non-hydrogen) atoms. The minimum absolute atomic E-state index is 0.0553. The molecule has 0 saturated carbocycles. The van der Waals surface area contributed by atoms with Crippen molar-refractivity contribution in [2.75, 3.05) is 14.2 Å². The second-order valence-electron chi connectivity index (χ2n) is 4.24. The number of hydrogen-bond donors (Lipinski definition) is 0. The lowest BCUT2D eigenvalue weighted by atomic mass is 10.1. The Kier molecular flexibility index (Phi) is 4.24. The molecule has 0 N–H and O–H groups in total. The van der Waals surface area contributed by atoms with Crippen LogP contribution in [0.3, 0.4) is 0 Å². The van der Waals surface area contributed by atoms with Crippen molar-refractivity contribution in [3.63, 3.8) is 0 Å². The zero-order chi connectivity index (χ0) is 15.4. The Morgan fingerprint density at radius 2 is 2.05 bits per heavy atom. The predicted molar refractivity (Wildman–Crippen MR) is 77.4 cm³/mol. The zero-order valence-corrected chi connectivity index (χ0v) is 12.1. The molecular weight excluding hydrogens is 270 g/mol. The molecule has 6 nitrogen and oxygen atoms in total. The molecule has 0 unspecified atom stereocenters. The van der Waals surface area contributed by atoms with Crippen molar-refractivity contribution in [2.45, 2.75) is 13.5 Å². The first-order valence-corrected chi connectivity index (χ1v) is 6.39. The van der Waals surface area contributed by atoms with Crippen LogP contribution in [-0.4, -0.2) is 24.0 Å². The van der Waals surface area contributed by atoms with Gasteiger partial charge in [0.2, 0.25) is 0 Å². The molecule has 1 aromatic heterocycles. The number of aryl methyl sites for hydroxylation is 1. The van der Waals surface area contributed by atoms with E-state index in [1.807, 2.05) is 6.07 Å². The molecule has 0 spiro atoms. The number of methoxy groups -OCH3 is 2. The third-order valence-corrected chi connectivity index (χ3v) is 3.08. The molecule has 0 bridgehead atoms. The van der Waals surface area contributed by atoms with E-state index >= 15 is 0 Å². The van der Waals surface area contributed by atoms with Crippen molar-refractivity contribution >= 4 is 0 Å². The fourth-order valence-electron chi connectivity index (χ4n) is 1.98. The number of ether oxygens (including phenoxy) is 2. The molecule has 0 aliphatic rings. The van der Waals surface area contributed by atoms with E-state index in [9.17, 15) is 4.79 Å². The van der Waals surface area contributed by atoms with Crippen LogP contribution in [0.5, 0.6) is 11.5 Å². The fourth-order valence-corrected chi connectivity index (χ4v) is 1.98. The predicted octanol–water partition coefficient (Wildman–Crippen LogP) is 1.82. The quantitative estimate of drug-likeness (QED) is 0.856. The molecule has 2 rings (SSSR count). The highest BCUT2D eigenvalue weighted by Gasteiger charge is 2.13. The van der Waals surface area contributed by atoms with Gasteiger partial charge in [-0.05, 0) is 25.1 Å². The number of benzene rings is 1. The van der Waals surface area contributed by atoms with Crippen LogP contribution in [0.2, 0.25) is 0 Å². The smallest absolute Gasteiger partial charge is 0.284 e. The maximum atomic E-state index is 11.9. The van der Waals surface area contributed by atoms with Crippen LogP contribution >= 0.6 is 0 Å². The second kappa shape index (κ2) is 6.09. The Morgan fingerprint density at radius 1 is 1.29 bits per heavy atom. The average molecular weight is 285 g/mol. The summed E-state index contributed by atoms with van der Waals surface area (Å²) in [5, 5.41) is 13.3. The minimum Gasteiger partial charge on any atom is -0.497 e. The molecule has 0 radical (unpaired) electrons. The molecule has 0 aliphatic carbocycles. The van der Waals surface area contributed by atoms with Gasteiger partial charge in [0.1, 0.15) is 23.1 Å². The van der Waals surface area contributed by atoms with Crippen LogP contribution in [0, 0.1) is 11.3 Å². The zero-order valence-electron chi connectivity index (χ0n) is 12.1. The van der Waals surface area contributed by atoms with Gasteiger partial charge in [0, 0.05) is 18.2 Å². The first-order chi connectivity index (χ1) is 10.1. The van der Waals surface area contributed by atoms with E-state index in [1.54, 1.807) is 39.3 Å². The summed E-state index contributed by atoms with van der Waals surface area (Å²) in [6.45, 7) is 2.18. The molecule has 0 saturated heterocycles. The first-order valence-electron chi connectivity index (χ1n) is 6.39. The highest BCUT2D eigenvalue weighted by molar-refractivity contribution is 5.69. The van der Waals surface area contributed by atoms with E-state index in [2.05, 4.69) is 5.10 Å². The van der Waals surface area contributed by atoms with E-state index in [1.165, 1.54) is 10.7 Å². The maximum Gasteiger partial charge on any atom is 0.284 e. The highest BCUT2D eigenvalue weighted by Crippen LogP contribution is 2.31. The van der Waals surface area contributed by atoms with Gasteiger partial charge >= 0.3 is 0 Å². The standard InChI is InChI=1S/C15H15N3O3/c1-4-18-15(19)10(9-16)7-13(17-18)12-6-5-11(20-2)8-14(12)21-3/h5-8H,4H2,1-3H3. The lowest BCUT2D eigenvalue weighted by Gasteiger charge is -2.11. The van der Waals surface area contributed by atoms with E-state index in [-0.39, 0.29) is 5.56 Å². The van der Waals surface area contributed by atoms with Crippen molar-refractivity contribution in [1.29, 1.82) is 5.26 Å². The summed E-state index contributed by atoms with van der Waals surface area (Å²) < 4.78 is 11.7. The minimum atomic E-state index is -0.392. The Labute approximate surface area is 122 Å². The highest BCUT2D eigenvalue weighted by atomic mass is 16.5. The van der Waals surface area contributed by atoms with Crippen LogP contribution in [0.1, 0.15) is 12.5 Å². The Balaban J connectivity index is 2.67. The fraction of sp³-hybridized carbons (Fsp3) is 0.267. The first kappa shape index (κ1) is 14.6. The van der Waals surface area contributed by atoms with Gasteiger partial charge < -0.3 is 9.47 Å². The summed E-state index contributed by atoms with van der Waals surface area (Å²) in [6, 6.07) is 8.65. The normalized spacial score (nSPS) is 10.0. The molecule has 0 aliphatic heterocycles. The summed E-state index contributed by atoms with van der Waals surface area (Å²) in [4.78, 5) is 11.9. The Hall–Kier alpha value is -2.81. The van der Waals surface area contributed by atoms with Gasteiger partial charge in [-0.3, -0.25) is 4.79 Å². The van der Waals surface area contributed by atoms with Crippen molar-refractivity contribution in [2.24, 2.45) is 0 Å². The molecule has 1 heterocycles. The van der Waals surface area contributed by atoms with Crippen molar-refractivity contribution in [3.05, 3.63) is 40.2 Å². The van der Waals surface area contributed by atoms with E-state index < -0.39 is 5.56 Å². The molecule has 108 valence electrons. The summed E-state index contributed by atoms with van der Waals surface area (Å²) >= 11 is 0. The van der Waals surface area contributed by atoms with Gasteiger partial charge in [-0.1, -0.05) is 0 Å². The van der Waals surface area contributed by atoms with Crippen LogP contribution in [0.25, 0.3) is 11.3 Å². The average Bonchev–Trinajstić information content (AvgIpc) is 2.54. The van der Waals surface area contributed by atoms with Gasteiger partial charge in [-0.2, -0.15) is 10.4 Å². The van der Waals surface area contributed by atoms with Crippen molar-refractivity contribution < 1.29 is 9.47 Å². The van der Waals surface area contributed by atoms with Crippen LogP contribution < -0.4 is 15.0 Å². The third kappa shape index (κ3) is 2.72. The number of hydrogen-bond acceptors (Lipinski definition) is 5. The number of nitriles is 1. The van der Waals surface area contributed by atoms with E-state index in [0.717, 1.165) is 0 Å². The Bertz CT molecular complexity index is 760. The lowest BCUT2D eigenvalue weighted by molar-refractivity contribution is 0.395. The van der Waals surface area contributed by atoms with Crippen molar-refractivity contribution in [3.8, 4) is 28.8 Å². The van der Waals surface area contributed by atoms with Gasteiger partial charge in [-0.25, -0.2) is 4.68 Å². The molecule has 0 amide bonds. The SMILES string of the molecule is CCn1nc(-c2ccc(OC)cc2OC)cc(C#N)c1=O. The molecule has 0 fully saturated rings. The molecule has 2 aromatic rings. The van der Waals surface area contributed by atoms with Gasteiger partial charge in [-0.15, -0.1) is 0 Å². The molecule has 1 aromatic carbocycles. The third-order valence-electron chi connectivity index (χ3n) is 3.08. The number of aromatic nitrogens is 2.